The number of hydrogen-bond acceptors (Lipinski definition) is 2. The zero-order valence-electron chi connectivity index (χ0n) is 6.81. The van der Waals surface area contributed by atoms with Crippen molar-refractivity contribution >= 4 is 6.09 Å². The summed E-state index contributed by atoms with van der Waals surface area (Å²) in [5, 5.41) is 2.46. The quantitative estimate of drug-likeness (QED) is 0.559. The summed E-state index contributed by atoms with van der Waals surface area (Å²) >= 11 is 0. The molecular formula is C7H15NO2. The van der Waals surface area contributed by atoms with Crippen molar-refractivity contribution in [3.63, 3.8) is 0 Å². The number of ether oxygens (including phenoxy) is 1. The van der Waals surface area contributed by atoms with Crippen LogP contribution >= 0.6 is 0 Å². The topological polar surface area (TPSA) is 38.3 Å². The van der Waals surface area contributed by atoms with Gasteiger partial charge in [-0.3, -0.25) is 0 Å². The molecule has 0 aliphatic carbocycles. The smallest absolute Gasteiger partial charge is 0.407 e. The third kappa shape index (κ3) is 7.27. The Morgan fingerprint density at radius 3 is 2.10 bits per heavy atom. The van der Waals surface area contributed by atoms with Crippen LogP contribution in [-0.4, -0.2) is 19.2 Å². The summed E-state index contributed by atoms with van der Waals surface area (Å²) in [6.45, 7) is 7.69. The van der Waals surface area contributed by atoms with Gasteiger partial charge in [0.15, 0.2) is 0 Å². The van der Waals surface area contributed by atoms with E-state index in [0.717, 1.165) is 5.92 Å². The van der Waals surface area contributed by atoms with Gasteiger partial charge in [0.25, 0.3) is 0 Å². The van der Waals surface area contributed by atoms with Gasteiger partial charge in [-0.05, 0) is 5.92 Å². The van der Waals surface area contributed by atoms with Gasteiger partial charge in [-0.2, -0.15) is 0 Å². The molecule has 1 N–H and O–H groups in total. The van der Waals surface area contributed by atoms with E-state index in [1.165, 1.54) is 0 Å². The standard InChI is InChI=1S/C4H10.C3H5NO2/c1-4(2)3;5-3-4-1-2-6-3/h4H,1-3H3;1-2H2,(H,4,5). The Morgan fingerprint density at radius 2 is 2.00 bits per heavy atom. The largest absolute Gasteiger partial charge is 0.448 e. The molecule has 1 aliphatic heterocycles. The number of rotatable bonds is 0. The molecule has 0 atom stereocenters. The van der Waals surface area contributed by atoms with E-state index in [2.05, 4.69) is 30.8 Å². The number of carbonyl (C=O) groups is 1. The third-order valence-corrected chi connectivity index (χ3v) is 0.605. The summed E-state index contributed by atoms with van der Waals surface area (Å²) in [5.74, 6) is 0.833. The number of alkyl carbamates (subject to hydrolysis) is 1. The molecule has 0 unspecified atom stereocenters. The van der Waals surface area contributed by atoms with Crippen LogP contribution in [0.3, 0.4) is 0 Å². The molecule has 1 rings (SSSR count). The van der Waals surface area contributed by atoms with Crippen molar-refractivity contribution in [2.75, 3.05) is 13.2 Å². The highest BCUT2D eigenvalue weighted by Crippen LogP contribution is 1.82. The van der Waals surface area contributed by atoms with Gasteiger partial charge < -0.3 is 10.1 Å². The molecule has 0 aromatic carbocycles. The molecule has 0 saturated carbocycles. The number of carbonyl (C=O) groups excluding carboxylic acids is 1. The highest BCUT2D eigenvalue weighted by molar-refractivity contribution is 5.68. The number of amides is 1. The van der Waals surface area contributed by atoms with Crippen LogP contribution in [0.1, 0.15) is 20.8 Å². The van der Waals surface area contributed by atoms with E-state index >= 15 is 0 Å². The van der Waals surface area contributed by atoms with E-state index < -0.39 is 0 Å². The predicted octanol–water partition coefficient (Wildman–Crippen LogP) is 1.39. The first kappa shape index (κ1) is 9.27. The SMILES string of the molecule is CC(C)C.O=C1NCCO1. The van der Waals surface area contributed by atoms with Crippen LogP contribution in [0.2, 0.25) is 0 Å². The fraction of sp³-hybridized carbons (Fsp3) is 0.857. The highest BCUT2D eigenvalue weighted by Gasteiger charge is 2.06. The number of cyclic esters (lactones) is 1. The van der Waals surface area contributed by atoms with Crippen LogP contribution in [0.4, 0.5) is 4.79 Å². The van der Waals surface area contributed by atoms with Crippen LogP contribution in [0.25, 0.3) is 0 Å². The molecule has 3 nitrogen and oxygen atoms in total. The summed E-state index contributed by atoms with van der Waals surface area (Å²) in [6, 6.07) is 0. The molecule has 10 heavy (non-hydrogen) atoms. The Morgan fingerprint density at radius 1 is 1.50 bits per heavy atom. The Bertz CT molecular complexity index is 91.0. The second kappa shape index (κ2) is 5.09. The van der Waals surface area contributed by atoms with Gasteiger partial charge in [-0.25, -0.2) is 4.79 Å². The predicted molar refractivity (Wildman–Crippen MR) is 39.9 cm³/mol. The maximum absolute atomic E-state index is 9.91. The van der Waals surface area contributed by atoms with Crippen LogP contribution in [0, 0.1) is 5.92 Å². The van der Waals surface area contributed by atoms with Crippen molar-refractivity contribution in [2.24, 2.45) is 5.92 Å². The van der Waals surface area contributed by atoms with Crippen molar-refractivity contribution in [3.05, 3.63) is 0 Å². The Hall–Kier alpha value is -0.730. The summed E-state index contributed by atoms with van der Waals surface area (Å²) in [6.07, 6.45) is -0.296. The van der Waals surface area contributed by atoms with Crippen LogP contribution in [0.5, 0.6) is 0 Å². The lowest BCUT2D eigenvalue weighted by molar-refractivity contribution is 0.178. The van der Waals surface area contributed by atoms with Crippen molar-refractivity contribution in [1.29, 1.82) is 0 Å². The summed E-state index contributed by atoms with van der Waals surface area (Å²) in [7, 11) is 0. The van der Waals surface area contributed by atoms with Gasteiger partial charge in [-0.15, -0.1) is 0 Å². The molecule has 60 valence electrons. The first-order valence-electron chi connectivity index (χ1n) is 3.53. The molecule has 1 fully saturated rings. The fourth-order valence-corrected chi connectivity index (χ4v) is 0.348. The Balaban J connectivity index is 0.000000180. The lowest BCUT2D eigenvalue weighted by atomic mass is 10.3. The van der Waals surface area contributed by atoms with Crippen molar-refractivity contribution in [3.8, 4) is 0 Å². The Labute approximate surface area is 61.8 Å². The maximum Gasteiger partial charge on any atom is 0.407 e. The first-order valence-corrected chi connectivity index (χ1v) is 3.53. The van der Waals surface area contributed by atoms with E-state index in [4.69, 9.17) is 0 Å². The first-order chi connectivity index (χ1) is 4.63. The minimum absolute atomic E-state index is 0.296. The zero-order valence-corrected chi connectivity index (χ0v) is 6.81. The van der Waals surface area contributed by atoms with Crippen molar-refractivity contribution in [2.45, 2.75) is 20.8 Å². The monoisotopic (exact) mass is 145 g/mol. The lowest BCUT2D eigenvalue weighted by Crippen LogP contribution is -2.11. The normalized spacial score (nSPS) is 15.4. The molecule has 1 heterocycles. The van der Waals surface area contributed by atoms with Crippen LogP contribution in [-0.2, 0) is 4.74 Å². The van der Waals surface area contributed by atoms with E-state index in [9.17, 15) is 4.79 Å². The molecular weight excluding hydrogens is 130 g/mol. The third-order valence-electron chi connectivity index (χ3n) is 0.605. The van der Waals surface area contributed by atoms with Gasteiger partial charge >= 0.3 is 6.09 Å². The zero-order chi connectivity index (χ0) is 7.98. The molecule has 1 saturated heterocycles. The molecule has 0 aromatic heterocycles. The fourth-order valence-electron chi connectivity index (χ4n) is 0.348. The van der Waals surface area contributed by atoms with E-state index in [1.54, 1.807) is 0 Å². The highest BCUT2D eigenvalue weighted by atomic mass is 16.6. The van der Waals surface area contributed by atoms with Crippen LogP contribution in [0.15, 0.2) is 0 Å². The second-order valence-corrected chi connectivity index (χ2v) is 2.79. The van der Waals surface area contributed by atoms with E-state index in [1.807, 2.05) is 0 Å². The summed E-state index contributed by atoms with van der Waals surface area (Å²) in [4.78, 5) is 9.91. The molecule has 1 amide bonds. The Kier molecular flexibility index (Phi) is 4.72. The van der Waals surface area contributed by atoms with Crippen molar-refractivity contribution < 1.29 is 9.53 Å². The number of hydrogen-bond donors (Lipinski definition) is 1. The molecule has 0 spiro atoms. The molecule has 0 bridgehead atoms. The average molecular weight is 145 g/mol. The second-order valence-electron chi connectivity index (χ2n) is 2.79. The van der Waals surface area contributed by atoms with Gasteiger partial charge in [0.1, 0.15) is 6.61 Å². The molecule has 1 aliphatic rings. The summed E-state index contributed by atoms with van der Waals surface area (Å²) < 4.78 is 4.40. The summed E-state index contributed by atoms with van der Waals surface area (Å²) in [5.41, 5.74) is 0. The minimum Gasteiger partial charge on any atom is -0.448 e. The van der Waals surface area contributed by atoms with Gasteiger partial charge in [0, 0.05) is 0 Å². The van der Waals surface area contributed by atoms with Gasteiger partial charge in [0.2, 0.25) is 0 Å². The molecule has 0 radical (unpaired) electrons. The molecule has 0 aromatic rings. The molecule has 3 heteroatoms. The number of nitrogens with one attached hydrogen (secondary N) is 1. The minimum atomic E-state index is -0.296. The maximum atomic E-state index is 9.91. The lowest BCUT2D eigenvalue weighted by Gasteiger charge is -1.80. The van der Waals surface area contributed by atoms with Gasteiger partial charge in [-0.1, -0.05) is 20.8 Å². The van der Waals surface area contributed by atoms with Crippen LogP contribution < -0.4 is 5.32 Å². The average Bonchev–Trinajstić information content (AvgIpc) is 2.15. The van der Waals surface area contributed by atoms with Gasteiger partial charge in [0.05, 0.1) is 6.54 Å². The van der Waals surface area contributed by atoms with E-state index in [-0.39, 0.29) is 6.09 Å². The van der Waals surface area contributed by atoms with Crippen molar-refractivity contribution in [1.82, 2.24) is 5.32 Å². The van der Waals surface area contributed by atoms with E-state index in [0.29, 0.717) is 13.2 Å².